The Morgan fingerprint density at radius 1 is 1.02 bits per heavy atom. The van der Waals surface area contributed by atoms with Crippen LogP contribution in [-0.4, -0.2) is 86.9 Å². The Kier molecular flexibility index (Phi) is 8.79. The predicted octanol–water partition coefficient (Wildman–Crippen LogP) is 3.02. The number of carbonyl (C=O) groups is 6. The van der Waals surface area contributed by atoms with Gasteiger partial charge in [0, 0.05) is 36.4 Å². The highest BCUT2D eigenvalue weighted by Gasteiger charge is 2.62. The quantitative estimate of drug-likeness (QED) is 0.342. The number of hydrogen-bond donors (Lipinski definition) is 3. The summed E-state index contributed by atoms with van der Waals surface area (Å²) in [6.45, 7) is 5.14. The van der Waals surface area contributed by atoms with Crippen LogP contribution in [0.2, 0.25) is 0 Å². The van der Waals surface area contributed by atoms with Crippen molar-refractivity contribution in [2.45, 2.75) is 95.4 Å². The van der Waals surface area contributed by atoms with Crippen molar-refractivity contribution in [1.29, 1.82) is 0 Å². The number of ether oxygens (including phenoxy) is 1. The minimum Gasteiger partial charge on any atom is -0.479 e. The first-order chi connectivity index (χ1) is 21.2. The van der Waals surface area contributed by atoms with Crippen molar-refractivity contribution in [3.63, 3.8) is 0 Å². The second-order valence-corrected chi connectivity index (χ2v) is 13.9. The lowest BCUT2D eigenvalue weighted by Crippen LogP contribution is -2.56. The summed E-state index contributed by atoms with van der Waals surface area (Å²) in [5.41, 5.74) is -2.85. The standard InChI is InChI=1S/C33H42N4O8/c1-31(2,3)45-30(44)34-23-15-11-6-4-5-10-14-22-16-33(22,29(42)43)35-26(39)24-17-32(19-36(24)28(23)41)18-25(38)37(20-32)27(40)21-12-8-7-9-13-21/h7-10,12-14,22-24H,4-6,11,15-20H2,1-3H3,(H,34,44)(H,35,39)(H,42,43)/b14-10-. The highest BCUT2D eigenvalue weighted by molar-refractivity contribution is 6.06. The highest BCUT2D eigenvalue weighted by Crippen LogP contribution is 2.47. The fourth-order valence-electron chi connectivity index (χ4n) is 6.80. The summed E-state index contributed by atoms with van der Waals surface area (Å²) < 4.78 is 5.43. The van der Waals surface area contributed by atoms with Gasteiger partial charge >= 0.3 is 12.1 Å². The van der Waals surface area contributed by atoms with Gasteiger partial charge in [-0.25, -0.2) is 9.59 Å². The Labute approximate surface area is 262 Å². The number of alkyl carbamates (subject to hydrolysis) is 1. The maximum atomic E-state index is 14.3. The van der Waals surface area contributed by atoms with E-state index in [9.17, 15) is 33.9 Å². The zero-order valence-electron chi connectivity index (χ0n) is 26.0. The average Bonchev–Trinajstić information content (AvgIpc) is 3.39. The summed E-state index contributed by atoms with van der Waals surface area (Å²) in [4.78, 5) is 82.4. The molecule has 1 aromatic rings. The second-order valence-electron chi connectivity index (χ2n) is 13.9. The molecule has 12 heteroatoms. The lowest BCUT2D eigenvalue weighted by atomic mass is 9.84. The van der Waals surface area contributed by atoms with Crippen molar-refractivity contribution in [2.24, 2.45) is 11.3 Å². The molecule has 0 bridgehead atoms. The number of aliphatic carboxylic acids is 1. The van der Waals surface area contributed by atoms with Crippen LogP contribution in [0.4, 0.5) is 4.79 Å². The summed E-state index contributed by atoms with van der Waals surface area (Å²) in [6, 6.07) is 6.30. The third-order valence-electron chi connectivity index (χ3n) is 9.14. The van der Waals surface area contributed by atoms with Gasteiger partial charge in [0.1, 0.15) is 23.2 Å². The molecule has 3 heterocycles. The predicted molar refractivity (Wildman–Crippen MR) is 162 cm³/mol. The van der Waals surface area contributed by atoms with Crippen LogP contribution >= 0.6 is 0 Å². The number of imide groups is 1. The number of likely N-dealkylation sites (tertiary alicyclic amines) is 1. The van der Waals surface area contributed by atoms with Crippen molar-refractivity contribution in [1.82, 2.24) is 20.4 Å². The van der Waals surface area contributed by atoms with Crippen LogP contribution in [-0.2, 0) is 23.9 Å². The largest absolute Gasteiger partial charge is 0.479 e. The average molecular weight is 623 g/mol. The van der Waals surface area contributed by atoms with Gasteiger partial charge in [0.25, 0.3) is 5.91 Å². The molecule has 5 rings (SSSR count). The molecule has 1 spiro atoms. The molecule has 1 aliphatic carbocycles. The fraction of sp³-hybridized carbons (Fsp3) is 0.576. The number of allylic oxidation sites excluding steroid dienone is 1. The third kappa shape index (κ3) is 6.89. The zero-order chi connectivity index (χ0) is 32.6. The Balaban J connectivity index is 1.46. The molecule has 12 nitrogen and oxygen atoms in total. The Morgan fingerprint density at radius 3 is 2.44 bits per heavy atom. The molecule has 4 aliphatic rings. The highest BCUT2D eigenvalue weighted by atomic mass is 16.6. The molecule has 0 aromatic heterocycles. The number of rotatable bonds is 3. The van der Waals surface area contributed by atoms with Crippen molar-refractivity contribution < 1.29 is 38.6 Å². The Morgan fingerprint density at radius 2 is 1.76 bits per heavy atom. The van der Waals surface area contributed by atoms with E-state index in [1.54, 1.807) is 51.1 Å². The van der Waals surface area contributed by atoms with Gasteiger partial charge in [-0.05, 0) is 65.0 Å². The Bertz CT molecular complexity index is 1400. The monoisotopic (exact) mass is 622 g/mol. The molecule has 45 heavy (non-hydrogen) atoms. The molecule has 2 saturated heterocycles. The molecule has 0 radical (unpaired) electrons. The van der Waals surface area contributed by atoms with Crippen LogP contribution in [0.5, 0.6) is 0 Å². The van der Waals surface area contributed by atoms with E-state index in [4.69, 9.17) is 4.74 Å². The van der Waals surface area contributed by atoms with Gasteiger partial charge in [0.05, 0.1) is 0 Å². The van der Waals surface area contributed by atoms with Crippen LogP contribution in [0.3, 0.4) is 0 Å². The number of hydrogen-bond acceptors (Lipinski definition) is 7. The van der Waals surface area contributed by atoms with Crippen LogP contribution < -0.4 is 10.6 Å². The smallest absolute Gasteiger partial charge is 0.408 e. The van der Waals surface area contributed by atoms with E-state index in [1.165, 1.54) is 9.80 Å². The number of nitrogens with zero attached hydrogens (tertiary/aromatic N) is 2. The zero-order valence-corrected chi connectivity index (χ0v) is 26.0. The van der Waals surface area contributed by atoms with E-state index in [2.05, 4.69) is 10.6 Å². The summed E-state index contributed by atoms with van der Waals surface area (Å²) in [7, 11) is 0. The number of carbonyl (C=O) groups excluding carboxylic acids is 5. The molecule has 3 aliphatic heterocycles. The van der Waals surface area contributed by atoms with Gasteiger partial charge in [0.15, 0.2) is 0 Å². The van der Waals surface area contributed by atoms with Gasteiger partial charge in [-0.1, -0.05) is 43.2 Å². The molecule has 3 N–H and O–H groups in total. The summed E-state index contributed by atoms with van der Waals surface area (Å²) in [6.07, 6.45) is 6.47. The molecule has 5 amide bonds. The molecule has 1 aromatic carbocycles. The van der Waals surface area contributed by atoms with Crippen LogP contribution in [0.25, 0.3) is 0 Å². The lowest BCUT2D eigenvalue weighted by Gasteiger charge is -2.30. The minimum absolute atomic E-state index is 0.00666. The number of benzene rings is 1. The third-order valence-corrected chi connectivity index (χ3v) is 9.14. The van der Waals surface area contributed by atoms with Gasteiger partial charge in [-0.3, -0.25) is 24.1 Å². The summed E-state index contributed by atoms with van der Waals surface area (Å²) >= 11 is 0. The maximum Gasteiger partial charge on any atom is 0.408 e. The number of nitrogens with one attached hydrogen (secondary N) is 2. The van der Waals surface area contributed by atoms with Gasteiger partial charge < -0.3 is 25.4 Å². The fourth-order valence-corrected chi connectivity index (χ4v) is 6.80. The van der Waals surface area contributed by atoms with E-state index < -0.39 is 64.3 Å². The molecular formula is C33H42N4O8. The van der Waals surface area contributed by atoms with Gasteiger partial charge in [0.2, 0.25) is 17.7 Å². The molecule has 5 unspecified atom stereocenters. The molecular weight excluding hydrogens is 580 g/mol. The van der Waals surface area contributed by atoms with Crippen LogP contribution in [0, 0.1) is 11.3 Å². The topological polar surface area (TPSA) is 162 Å². The second kappa shape index (κ2) is 12.3. The first kappa shape index (κ1) is 32.2. The van der Waals surface area contributed by atoms with Gasteiger partial charge in [-0.2, -0.15) is 0 Å². The van der Waals surface area contributed by atoms with Crippen molar-refractivity contribution in [3.8, 4) is 0 Å². The molecule has 5 atom stereocenters. The number of carboxylic acids is 1. The van der Waals surface area contributed by atoms with Crippen molar-refractivity contribution in [2.75, 3.05) is 13.1 Å². The van der Waals surface area contributed by atoms with E-state index in [-0.39, 0.29) is 38.3 Å². The normalized spacial score (nSPS) is 31.3. The molecule has 3 fully saturated rings. The van der Waals surface area contributed by atoms with Gasteiger partial charge in [-0.15, -0.1) is 0 Å². The van der Waals surface area contributed by atoms with E-state index in [0.717, 1.165) is 19.3 Å². The van der Waals surface area contributed by atoms with Crippen LogP contribution in [0.1, 0.15) is 82.5 Å². The van der Waals surface area contributed by atoms with Crippen molar-refractivity contribution >= 4 is 35.7 Å². The summed E-state index contributed by atoms with van der Waals surface area (Å²) in [5, 5.41) is 15.5. The van der Waals surface area contributed by atoms with E-state index >= 15 is 0 Å². The SMILES string of the molecule is CC(C)(C)OC(=O)NC1CCCCC/C=C\C2CC2(C(=O)O)NC(=O)C2CC3(CC(=O)N(C(=O)c4ccccc4)C3)CN2C1=O. The van der Waals surface area contributed by atoms with E-state index in [1.807, 2.05) is 12.2 Å². The first-order valence-electron chi connectivity index (χ1n) is 15.7. The number of fused-ring (bicyclic) bond motifs is 2. The number of amides is 5. The van der Waals surface area contributed by atoms with E-state index in [0.29, 0.717) is 18.4 Å². The van der Waals surface area contributed by atoms with Crippen molar-refractivity contribution in [3.05, 3.63) is 48.0 Å². The molecule has 242 valence electrons. The molecule has 1 saturated carbocycles. The lowest BCUT2D eigenvalue weighted by molar-refractivity contribution is -0.145. The van der Waals surface area contributed by atoms with Crippen LogP contribution in [0.15, 0.2) is 42.5 Å². The Hall–Kier alpha value is -4.22. The maximum absolute atomic E-state index is 14.3. The first-order valence-corrected chi connectivity index (χ1v) is 15.7. The summed E-state index contributed by atoms with van der Waals surface area (Å²) in [5.74, 6) is -3.54. The number of carboxylic acid groups (broad SMARTS) is 1. The minimum atomic E-state index is -1.48.